The van der Waals surface area contributed by atoms with Gasteiger partial charge in [0.15, 0.2) is 27.8 Å². The third-order valence-electron chi connectivity index (χ3n) is 7.11. The molecule has 1 atom stereocenters. The molecule has 3 aromatic carbocycles. The van der Waals surface area contributed by atoms with E-state index in [1.54, 1.807) is 39.2 Å². The first-order chi connectivity index (χ1) is 21.3. The first kappa shape index (κ1) is 30.2. The van der Waals surface area contributed by atoms with Gasteiger partial charge in [-0.05, 0) is 84.0 Å². The highest BCUT2D eigenvalue weighted by molar-refractivity contribution is 14.1. The van der Waals surface area contributed by atoms with Crippen molar-refractivity contribution in [3.8, 4) is 23.0 Å². The summed E-state index contributed by atoms with van der Waals surface area (Å²) in [6.45, 7) is 4.05. The second-order valence-corrected chi connectivity index (χ2v) is 12.4. The Hall–Kier alpha value is -3.81. The summed E-state index contributed by atoms with van der Waals surface area (Å²) in [5.74, 6) is 1.70. The molecule has 2 aliphatic heterocycles. The first-order valence-corrected chi connectivity index (χ1v) is 15.9. The smallest absolute Gasteiger partial charge is 0.338 e. The van der Waals surface area contributed by atoms with Crippen LogP contribution in [-0.2, 0) is 16.1 Å². The summed E-state index contributed by atoms with van der Waals surface area (Å²) in [6.07, 6.45) is 1.78. The molecule has 9 nitrogen and oxygen atoms in total. The van der Waals surface area contributed by atoms with Crippen LogP contribution in [0.3, 0.4) is 0 Å². The number of carbonyl (C=O) groups excluding carboxylic acids is 1. The highest BCUT2D eigenvalue weighted by atomic mass is 127. The fourth-order valence-electron chi connectivity index (χ4n) is 5.07. The summed E-state index contributed by atoms with van der Waals surface area (Å²) in [5.41, 5.74) is 2.75. The second kappa shape index (κ2) is 12.7. The van der Waals surface area contributed by atoms with Crippen molar-refractivity contribution in [3.63, 3.8) is 0 Å². The second-order valence-electron chi connectivity index (χ2n) is 9.83. The van der Waals surface area contributed by atoms with Gasteiger partial charge in [0.2, 0.25) is 6.79 Å². The minimum atomic E-state index is -0.766. The third-order valence-corrected chi connectivity index (χ3v) is 9.26. The van der Waals surface area contributed by atoms with Crippen LogP contribution in [0, 0.1) is 3.57 Å². The van der Waals surface area contributed by atoms with Gasteiger partial charge in [-0.25, -0.2) is 9.79 Å². The minimum Gasteiger partial charge on any atom is -0.493 e. The SMILES string of the molecule is CCOC(=O)C1=C(C)N=c2s/c(=C\c3cc(I)c(OCc4ccccc4Cl)c(OC)c3)c(=O)n2[C@@H]1c1ccc2c(c1)OCO2. The van der Waals surface area contributed by atoms with E-state index < -0.39 is 12.0 Å². The molecule has 0 amide bonds. The fraction of sp³-hybridized carbons (Fsp3) is 0.219. The van der Waals surface area contributed by atoms with Crippen LogP contribution in [0.2, 0.25) is 5.02 Å². The van der Waals surface area contributed by atoms with Gasteiger partial charge in [-0.1, -0.05) is 47.2 Å². The number of esters is 1. The summed E-state index contributed by atoms with van der Waals surface area (Å²) in [6, 6.07) is 15.8. The molecule has 0 unspecified atom stereocenters. The van der Waals surface area contributed by atoms with Crippen LogP contribution in [0.15, 0.2) is 75.7 Å². The van der Waals surface area contributed by atoms with E-state index in [4.69, 9.17) is 35.3 Å². The Kier molecular flexibility index (Phi) is 8.70. The molecule has 6 rings (SSSR count). The molecular formula is C32H26ClIN2O7S. The number of thiazole rings is 1. The number of rotatable bonds is 8. The predicted molar refractivity (Wildman–Crippen MR) is 174 cm³/mol. The van der Waals surface area contributed by atoms with E-state index in [9.17, 15) is 9.59 Å². The average molecular weight is 745 g/mol. The number of nitrogens with zero attached hydrogens (tertiary/aromatic N) is 2. The van der Waals surface area contributed by atoms with Crippen molar-refractivity contribution in [2.45, 2.75) is 26.5 Å². The summed E-state index contributed by atoms with van der Waals surface area (Å²) in [4.78, 5) is 32.4. The predicted octanol–water partition coefficient (Wildman–Crippen LogP) is 5.37. The number of allylic oxidation sites excluding steroid dienone is 1. The molecule has 0 spiro atoms. The van der Waals surface area contributed by atoms with Crippen LogP contribution in [0.5, 0.6) is 23.0 Å². The quantitative estimate of drug-likeness (QED) is 0.177. The molecule has 0 N–H and O–H groups in total. The van der Waals surface area contributed by atoms with Crippen molar-refractivity contribution >= 4 is 57.6 Å². The van der Waals surface area contributed by atoms with Crippen molar-refractivity contribution in [2.24, 2.45) is 4.99 Å². The van der Waals surface area contributed by atoms with Gasteiger partial charge in [-0.15, -0.1) is 0 Å². The number of methoxy groups -OCH3 is 1. The van der Waals surface area contributed by atoms with Gasteiger partial charge < -0.3 is 23.7 Å². The lowest BCUT2D eigenvalue weighted by molar-refractivity contribution is -0.139. The number of carbonyl (C=O) groups is 1. The Morgan fingerprint density at radius 2 is 1.98 bits per heavy atom. The fourth-order valence-corrected chi connectivity index (χ4v) is 7.09. The lowest BCUT2D eigenvalue weighted by Crippen LogP contribution is -2.39. The molecule has 0 aliphatic carbocycles. The van der Waals surface area contributed by atoms with Crippen LogP contribution in [0.1, 0.15) is 36.6 Å². The van der Waals surface area contributed by atoms with Gasteiger partial charge in [-0.3, -0.25) is 9.36 Å². The Balaban J connectivity index is 1.42. The van der Waals surface area contributed by atoms with Gasteiger partial charge in [0.1, 0.15) is 6.61 Å². The van der Waals surface area contributed by atoms with Crippen LogP contribution < -0.4 is 33.8 Å². The van der Waals surface area contributed by atoms with Gasteiger partial charge in [0.05, 0.1) is 39.1 Å². The summed E-state index contributed by atoms with van der Waals surface area (Å²) in [7, 11) is 1.57. The van der Waals surface area contributed by atoms with E-state index in [0.717, 1.165) is 14.7 Å². The minimum absolute atomic E-state index is 0.104. The number of ether oxygens (including phenoxy) is 5. The molecule has 0 radical (unpaired) electrons. The van der Waals surface area contributed by atoms with Gasteiger partial charge in [-0.2, -0.15) is 0 Å². The van der Waals surface area contributed by atoms with Crippen molar-refractivity contribution < 1.29 is 28.5 Å². The monoisotopic (exact) mass is 744 g/mol. The van der Waals surface area contributed by atoms with E-state index in [1.165, 1.54) is 15.9 Å². The zero-order chi connectivity index (χ0) is 31.0. The standard InChI is InChI=1S/C32H26ClIN2O7S/c1-4-40-31(38)27-17(2)35-32-36(28(27)19-9-10-23-24(14-19)43-16-42-23)30(37)26(44-32)13-18-11-22(34)29(25(12-18)39-3)41-15-20-7-5-6-8-21(20)33/h5-14,28H,4,15-16H2,1-3H3/b26-13-/t28-/m1/s1. The van der Waals surface area contributed by atoms with Crippen molar-refractivity contribution in [2.75, 3.05) is 20.5 Å². The highest BCUT2D eigenvalue weighted by Gasteiger charge is 2.34. The molecule has 12 heteroatoms. The zero-order valence-electron chi connectivity index (χ0n) is 23.9. The number of benzene rings is 3. The number of hydrogen-bond donors (Lipinski definition) is 0. The Labute approximate surface area is 275 Å². The van der Waals surface area contributed by atoms with Crippen LogP contribution in [0.25, 0.3) is 6.08 Å². The van der Waals surface area contributed by atoms with E-state index in [1.807, 2.05) is 42.5 Å². The average Bonchev–Trinajstić information content (AvgIpc) is 3.60. The molecule has 0 fully saturated rings. The van der Waals surface area contributed by atoms with Crippen LogP contribution in [-0.4, -0.2) is 31.0 Å². The molecule has 4 aromatic rings. The first-order valence-electron chi connectivity index (χ1n) is 13.6. The normalized spacial score (nSPS) is 15.6. The van der Waals surface area contributed by atoms with Crippen LogP contribution >= 0.6 is 45.5 Å². The molecule has 0 saturated carbocycles. The molecule has 3 heterocycles. The topological polar surface area (TPSA) is 97.6 Å². The van der Waals surface area contributed by atoms with Crippen LogP contribution in [0.4, 0.5) is 0 Å². The molecule has 1 aromatic heterocycles. The maximum atomic E-state index is 14.0. The molecule has 226 valence electrons. The molecule has 44 heavy (non-hydrogen) atoms. The van der Waals surface area contributed by atoms with Gasteiger partial charge >= 0.3 is 5.97 Å². The lowest BCUT2D eigenvalue weighted by atomic mass is 9.95. The maximum Gasteiger partial charge on any atom is 0.338 e. The Morgan fingerprint density at radius 3 is 2.75 bits per heavy atom. The molecule has 0 saturated heterocycles. The van der Waals surface area contributed by atoms with E-state index in [-0.39, 0.29) is 25.6 Å². The Bertz CT molecular complexity index is 2000. The number of hydrogen-bond acceptors (Lipinski definition) is 9. The number of halogens is 2. The molecule has 2 aliphatic rings. The molecule has 0 bridgehead atoms. The van der Waals surface area contributed by atoms with Crippen molar-refractivity contribution in [3.05, 3.63) is 111 Å². The number of aromatic nitrogens is 1. The summed E-state index contributed by atoms with van der Waals surface area (Å²) < 4.78 is 31.0. The van der Waals surface area contributed by atoms with Gasteiger partial charge in [0, 0.05) is 10.6 Å². The number of fused-ring (bicyclic) bond motifs is 2. The summed E-state index contributed by atoms with van der Waals surface area (Å²) in [5, 5.41) is 0.619. The lowest BCUT2D eigenvalue weighted by Gasteiger charge is -2.24. The third kappa shape index (κ3) is 5.71. The van der Waals surface area contributed by atoms with E-state index in [2.05, 4.69) is 27.6 Å². The zero-order valence-corrected chi connectivity index (χ0v) is 27.6. The van der Waals surface area contributed by atoms with Crippen molar-refractivity contribution in [1.82, 2.24) is 4.57 Å². The largest absolute Gasteiger partial charge is 0.493 e. The maximum absolute atomic E-state index is 14.0. The highest BCUT2D eigenvalue weighted by Crippen LogP contribution is 2.38. The summed E-state index contributed by atoms with van der Waals surface area (Å²) >= 11 is 9.73. The Morgan fingerprint density at radius 1 is 1.18 bits per heavy atom. The van der Waals surface area contributed by atoms with E-state index >= 15 is 0 Å². The van der Waals surface area contributed by atoms with Crippen molar-refractivity contribution in [1.29, 1.82) is 0 Å². The van der Waals surface area contributed by atoms with E-state index in [0.29, 0.717) is 54.2 Å². The molecular weight excluding hydrogens is 719 g/mol. The van der Waals surface area contributed by atoms with Gasteiger partial charge in [0.25, 0.3) is 5.56 Å².